The molecule has 1 aromatic heterocycles. The molecular weight excluding hydrogens is 330 g/mol. The van der Waals surface area contributed by atoms with Crippen LogP contribution in [0.2, 0.25) is 5.02 Å². The molecule has 132 valence electrons. The summed E-state index contributed by atoms with van der Waals surface area (Å²) in [5.74, 6) is 1.75. The summed E-state index contributed by atoms with van der Waals surface area (Å²) >= 11 is 6.40. The third-order valence-electron chi connectivity index (χ3n) is 5.85. The lowest BCUT2D eigenvalue weighted by atomic mass is 9.81. The van der Waals surface area contributed by atoms with Crippen LogP contribution in [-0.4, -0.2) is 42.1 Å². The first kappa shape index (κ1) is 16.9. The van der Waals surface area contributed by atoms with E-state index in [1.54, 1.807) is 0 Å². The van der Waals surface area contributed by atoms with E-state index in [0.717, 1.165) is 43.1 Å². The molecule has 1 aliphatic carbocycles. The molecule has 2 fully saturated rings. The maximum absolute atomic E-state index is 6.40. The van der Waals surface area contributed by atoms with Crippen LogP contribution in [0.15, 0.2) is 48.7 Å². The van der Waals surface area contributed by atoms with Crippen molar-refractivity contribution < 1.29 is 0 Å². The average Bonchev–Trinajstić information content (AvgIpc) is 2.69. The van der Waals surface area contributed by atoms with Crippen LogP contribution in [0.4, 0.5) is 5.82 Å². The fourth-order valence-electron chi connectivity index (χ4n) is 4.42. The fraction of sp³-hybridized carbons (Fsp3) is 0.476. The lowest BCUT2D eigenvalue weighted by Gasteiger charge is -2.42. The summed E-state index contributed by atoms with van der Waals surface area (Å²) in [4.78, 5) is 9.59. The van der Waals surface area contributed by atoms with Gasteiger partial charge in [0.05, 0.1) is 0 Å². The zero-order valence-electron chi connectivity index (χ0n) is 14.6. The summed E-state index contributed by atoms with van der Waals surface area (Å²) in [6.45, 7) is 4.47. The van der Waals surface area contributed by atoms with Crippen LogP contribution in [0.5, 0.6) is 0 Å². The molecule has 0 unspecified atom stereocenters. The van der Waals surface area contributed by atoms with Crippen LogP contribution in [0.25, 0.3) is 0 Å². The standard InChI is InChI=1S/C21H26ClN3/c22-20-6-2-1-5-19(20)17-8-10-18(11-9-17)24-13-15-25(16-14-24)21-7-3-4-12-23-21/h1-7,12,17-18H,8-11,13-16H2. The van der Waals surface area contributed by atoms with Crippen LogP contribution < -0.4 is 4.90 Å². The van der Waals surface area contributed by atoms with Crippen molar-refractivity contribution in [3.05, 3.63) is 59.2 Å². The summed E-state index contributed by atoms with van der Waals surface area (Å²) in [6.07, 6.45) is 6.99. The Bertz CT molecular complexity index is 675. The third kappa shape index (κ3) is 3.83. The first-order chi connectivity index (χ1) is 12.3. The van der Waals surface area contributed by atoms with E-state index in [1.807, 2.05) is 24.4 Å². The van der Waals surface area contributed by atoms with Crippen molar-refractivity contribution in [2.24, 2.45) is 0 Å². The first-order valence-corrected chi connectivity index (χ1v) is 9.83. The van der Waals surface area contributed by atoms with Crippen LogP contribution in [-0.2, 0) is 0 Å². The zero-order valence-corrected chi connectivity index (χ0v) is 15.4. The molecule has 2 aliphatic rings. The first-order valence-electron chi connectivity index (χ1n) is 9.46. The molecule has 1 saturated heterocycles. The maximum atomic E-state index is 6.40. The molecule has 0 bridgehead atoms. The van der Waals surface area contributed by atoms with Gasteiger partial charge in [0.25, 0.3) is 0 Å². The number of hydrogen-bond acceptors (Lipinski definition) is 3. The van der Waals surface area contributed by atoms with Crippen molar-refractivity contribution in [2.45, 2.75) is 37.6 Å². The summed E-state index contributed by atoms with van der Waals surface area (Å²) < 4.78 is 0. The van der Waals surface area contributed by atoms with Gasteiger partial charge < -0.3 is 4.90 Å². The van der Waals surface area contributed by atoms with E-state index in [9.17, 15) is 0 Å². The normalized spacial score (nSPS) is 25.1. The highest BCUT2D eigenvalue weighted by Crippen LogP contribution is 2.37. The van der Waals surface area contributed by atoms with E-state index < -0.39 is 0 Å². The highest BCUT2D eigenvalue weighted by atomic mass is 35.5. The topological polar surface area (TPSA) is 19.4 Å². The number of halogens is 1. The molecule has 2 heterocycles. The van der Waals surface area contributed by atoms with E-state index in [-0.39, 0.29) is 0 Å². The Kier molecular flexibility index (Phi) is 5.23. The smallest absolute Gasteiger partial charge is 0.128 e. The molecular formula is C21H26ClN3. The van der Waals surface area contributed by atoms with Crippen LogP contribution in [0.3, 0.4) is 0 Å². The lowest BCUT2D eigenvalue weighted by molar-refractivity contribution is 0.141. The minimum Gasteiger partial charge on any atom is -0.354 e. The van der Waals surface area contributed by atoms with E-state index in [0.29, 0.717) is 5.92 Å². The second-order valence-electron chi connectivity index (χ2n) is 7.24. The third-order valence-corrected chi connectivity index (χ3v) is 6.19. The Hall–Kier alpha value is -1.58. The molecule has 0 amide bonds. The molecule has 0 N–H and O–H groups in total. The summed E-state index contributed by atoms with van der Waals surface area (Å²) in [6, 6.07) is 15.3. The van der Waals surface area contributed by atoms with Crippen molar-refractivity contribution in [2.75, 3.05) is 31.1 Å². The van der Waals surface area contributed by atoms with Gasteiger partial charge in [0.1, 0.15) is 5.82 Å². The minimum absolute atomic E-state index is 0.639. The van der Waals surface area contributed by atoms with Gasteiger partial charge in [-0.05, 0) is 55.4 Å². The molecule has 0 radical (unpaired) electrons. The number of pyridine rings is 1. The largest absolute Gasteiger partial charge is 0.354 e. The van der Waals surface area contributed by atoms with E-state index in [2.05, 4.69) is 39.0 Å². The quantitative estimate of drug-likeness (QED) is 0.803. The lowest BCUT2D eigenvalue weighted by Crippen LogP contribution is -2.51. The van der Waals surface area contributed by atoms with Crippen LogP contribution in [0, 0.1) is 0 Å². The van der Waals surface area contributed by atoms with E-state index >= 15 is 0 Å². The predicted octanol–water partition coefficient (Wildman–Crippen LogP) is 4.58. The number of aromatic nitrogens is 1. The molecule has 0 spiro atoms. The molecule has 1 saturated carbocycles. The molecule has 3 nitrogen and oxygen atoms in total. The van der Waals surface area contributed by atoms with Gasteiger partial charge in [-0.1, -0.05) is 35.9 Å². The van der Waals surface area contributed by atoms with Crippen molar-refractivity contribution in [1.82, 2.24) is 9.88 Å². The second-order valence-corrected chi connectivity index (χ2v) is 7.65. The monoisotopic (exact) mass is 355 g/mol. The van der Waals surface area contributed by atoms with Crippen LogP contribution in [0.1, 0.15) is 37.2 Å². The zero-order chi connectivity index (χ0) is 17.1. The van der Waals surface area contributed by atoms with Gasteiger partial charge in [-0.25, -0.2) is 4.98 Å². The fourth-order valence-corrected chi connectivity index (χ4v) is 4.71. The number of hydrogen-bond donors (Lipinski definition) is 0. The molecule has 1 aromatic carbocycles. The Balaban J connectivity index is 1.30. The molecule has 25 heavy (non-hydrogen) atoms. The highest BCUT2D eigenvalue weighted by molar-refractivity contribution is 6.31. The van der Waals surface area contributed by atoms with Crippen molar-refractivity contribution in [3.63, 3.8) is 0 Å². The summed E-state index contributed by atoms with van der Waals surface area (Å²) in [7, 11) is 0. The SMILES string of the molecule is Clc1ccccc1C1CCC(N2CCN(c3ccccn3)CC2)CC1. The molecule has 1 aliphatic heterocycles. The molecule has 4 rings (SSSR count). The van der Waals surface area contributed by atoms with Gasteiger partial charge in [0.15, 0.2) is 0 Å². The number of anilines is 1. The van der Waals surface area contributed by atoms with Gasteiger partial charge in [-0.15, -0.1) is 0 Å². The number of piperazine rings is 1. The maximum Gasteiger partial charge on any atom is 0.128 e. The van der Waals surface area contributed by atoms with Gasteiger partial charge in [-0.2, -0.15) is 0 Å². The van der Waals surface area contributed by atoms with Gasteiger partial charge in [0.2, 0.25) is 0 Å². The second kappa shape index (κ2) is 7.76. The van der Waals surface area contributed by atoms with Gasteiger partial charge in [0, 0.05) is 43.4 Å². The van der Waals surface area contributed by atoms with Gasteiger partial charge in [-0.3, -0.25) is 4.90 Å². The Morgan fingerprint density at radius 2 is 1.56 bits per heavy atom. The van der Waals surface area contributed by atoms with Gasteiger partial charge >= 0.3 is 0 Å². The Morgan fingerprint density at radius 1 is 0.840 bits per heavy atom. The van der Waals surface area contributed by atoms with Crippen molar-refractivity contribution >= 4 is 17.4 Å². The van der Waals surface area contributed by atoms with E-state index in [4.69, 9.17) is 11.6 Å². The van der Waals surface area contributed by atoms with Crippen molar-refractivity contribution in [1.29, 1.82) is 0 Å². The number of benzene rings is 1. The summed E-state index contributed by atoms with van der Waals surface area (Å²) in [5.41, 5.74) is 1.35. The summed E-state index contributed by atoms with van der Waals surface area (Å²) in [5, 5.41) is 0.940. The highest BCUT2D eigenvalue weighted by Gasteiger charge is 2.29. The van der Waals surface area contributed by atoms with Crippen LogP contribution >= 0.6 is 11.6 Å². The number of rotatable bonds is 3. The number of nitrogens with zero attached hydrogens (tertiary/aromatic N) is 3. The average molecular weight is 356 g/mol. The predicted molar refractivity (Wildman–Crippen MR) is 104 cm³/mol. The minimum atomic E-state index is 0.639. The van der Waals surface area contributed by atoms with E-state index in [1.165, 1.54) is 31.2 Å². The molecule has 0 atom stereocenters. The molecule has 2 aromatic rings. The Labute approximate surface area is 155 Å². The Morgan fingerprint density at radius 3 is 2.24 bits per heavy atom. The molecule has 4 heteroatoms. The van der Waals surface area contributed by atoms with Crippen molar-refractivity contribution in [3.8, 4) is 0 Å².